The molecule has 0 unspecified atom stereocenters. The third-order valence-electron chi connectivity index (χ3n) is 1.53. The van der Waals surface area contributed by atoms with Crippen LogP contribution >= 0.6 is 0 Å². The van der Waals surface area contributed by atoms with Gasteiger partial charge in [-0.2, -0.15) is 0 Å². The lowest BCUT2D eigenvalue weighted by Crippen LogP contribution is -2.32. The molecule has 0 N–H and O–H groups in total. The molecule has 90 valence electrons. The van der Waals surface area contributed by atoms with Crippen LogP contribution in [-0.4, -0.2) is 37.4 Å². The monoisotopic (exact) mass is 227 g/mol. The fourth-order valence-corrected chi connectivity index (χ4v) is 0.882. The van der Waals surface area contributed by atoms with Crippen molar-refractivity contribution in [2.45, 2.75) is 26.8 Å². The van der Waals surface area contributed by atoms with Gasteiger partial charge in [0.05, 0.1) is 13.2 Å². The Labute approximate surface area is 95.1 Å². The normalized spacial score (nSPS) is 11.2. The van der Waals surface area contributed by atoms with E-state index >= 15 is 0 Å². The van der Waals surface area contributed by atoms with Crippen LogP contribution in [0.15, 0.2) is 17.1 Å². The number of esters is 2. The number of allylic oxidation sites excluding steroid dienone is 2. The van der Waals surface area contributed by atoms with E-state index in [1.54, 1.807) is 32.9 Å². The Kier molecular flexibility index (Phi) is 7.75. The van der Waals surface area contributed by atoms with Crippen LogP contribution in [0, 0.1) is 0 Å². The topological polar surface area (TPSA) is 65.0 Å². The van der Waals surface area contributed by atoms with E-state index in [9.17, 15) is 9.59 Å². The molecule has 0 spiro atoms. The fraction of sp³-hybridized carbons (Fsp3) is 0.545. The van der Waals surface area contributed by atoms with Crippen LogP contribution in [0.1, 0.15) is 20.8 Å². The number of carbonyl (C=O) groups excluding carboxylic acids is 2. The molecule has 0 amide bonds. The van der Waals surface area contributed by atoms with Crippen LogP contribution in [0.25, 0.3) is 0 Å². The zero-order valence-electron chi connectivity index (χ0n) is 9.80. The summed E-state index contributed by atoms with van der Waals surface area (Å²) in [5, 5.41) is 0. The number of nitrogens with zero attached hydrogens (tertiary/aromatic N) is 1. The fourth-order valence-electron chi connectivity index (χ4n) is 0.882. The Hall–Kier alpha value is -1.65. The van der Waals surface area contributed by atoms with Crippen molar-refractivity contribution < 1.29 is 19.1 Å². The van der Waals surface area contributed by atoms with E-state index in [2.05, 4.69) is 4.99 Å². The summed E-state index contributed by atoms with van der Waals surface area (Å²) in [6.45, 7) is 5.53. The van der Waals surface area contributed by atoms with Crippen molar-refractivity contribution in [1.29, 1.82) is 0 Å². The molecule has 0 saturated carbocycles. The van der Waals surface area contributed by atoms with E-state index in [1.165, 1.54) is 6.21 Å². The van der Waals surface area contributed by atoms with Gasteiger partial charge >= 0.3 is 11.9 Å². The van der Waals surface area contributed by atoms with Gasteiger partial charge in [0.15, 0.2) is 0 Å². The number of hydrogen-bond acceptors (Lipinski definition) is 5. The predicted molar refractivity (Wildman–Crippen MR) is 60.4 cm³/mol. The first-order valence-corrected chi connectivity index (χ1v) is 5.15. The lowest BCUT2D eigenvalue weighted by molar-refractivity contribution is -0.156. The second-order valence-electron chi connectivity index (χ2n) is 2.73. The van der Waals surface area contributed by atoms with Gasteiger partial charge in [-0.3, -0.25) is 4.99 Å². The predicted octanol–water partition coefficient (Wildman–Crippen LogP) is 1.13. The van der Waals surface area contributed by atoms with E-state index in [4.69, 9.17) is 9.47 Å². The van der Waals surface area contributed by atoms with Crippen LogP contribution < -0.4 is 0 Å². The highest BCUT2D eigenvalue weighted by molar-refractivity contribution is 6.00. The molecule has 0 fully saturated rings. The van der Waals surface area contributed by atoms with Crippen LogP contribution in [0.3, 0.4) is 0 Å². The summed E-state index contributed by atoms with van der Waals surface area (Å²) in [6.07, 6.45) is 4.72. The Bertz CT molecular complexity index is 266. The summed E-state index contributed by atoms with van der Waals surface area (Å²) < 4.78 is 9.45. The summed E-state index contributed by atoms with van der Waals surface area (Å²) in [4.78, 5) is 26.6. The van der Waals surface area contributed by atoms with E-state index in [1.807, 2.05) is 0 Å². The molecule has 0 aromatic carbocycles. The molecule has 0 radical (unpaired) electrons. The molecular weight excluding hydrogens is 210 g/mol. The summed E-state index contributed by atoms with van der Waals surface area (Å²) in [5.74, 6) is -1.39. The second-order valence-corrected chi connectivity index (χ2v) is 2.73. The summed E-state index contributed by atoms with van der Waals surface area (Å²) >= 11 is 0. The maximum Gasteiger partial charge on any atom is 0.342 e. The number of ether oxygens (including phenoxy) is 2. The number of carbonyl (C=O) groups is 2. The highest BCUT2D eigenvalue weighted by atomic mass is 16.6. The minimum Gasteiger partial charge on any atom is -0.464 e. The second kappa shape index (κ2) is 8.64. The van der Waals surface area contributed by atoms with Crippen molar-refractivity contribution >= 4 is 18.2 Å². The molecule has 16 heavy (non-hydrogen) atoms. The standard InChI is InChI=1S/C11H17NO4/c1-4-7-8-12-9(10(13)15-5-2)11(14)16-6-3/h4,7-9H,5-6H2,1-3H3/b7-4+,12-8?. The molecule has 0 atom stereocenters. The van der Waals surface area contributed by atoms with Gasteiger partial charge in [0, 0.05) is 6.21 Å². The van der Waals surface area contributed by atoms with Crippen LogP contribution in [0.2, 0.25) is 0 Å². The third kappa shape index (κ3) is 5.29. The van der Waals surface area contributed by atoms with Crippen molar-refractivity contribution in [2.75, 3.05) is 13.2 Å². The first-order valence-electron chi connectivity index (χ1n) is 5.15. The zero-order chi connectivity index (χ0) is 12.4. The van der Waals surface area contributed by atoms with Crippen molar-refractivity contribution in [3.8, 4) is 0 Å². The first-order chi connectivity index (χ1) is 7.67. The smallest absolute Gasteiger partial charge is 0.342 e. The van der Waals surface area contributed by atoms with Gasteiger partial charge < -0.3 is 9.47 Å². The summed E-state index contributed by atoms with van der Waals surface area (Å²) in [5.41, 5.74) is 0. The molecule has 0 bridgehead atoms. The van der Waals surface area contributed by atoms with Crippen molar-refractivity contribution in [2.24, 2.45) is 4.99 Å². The average molecular weight is 227 g/mol. The Morgan fingerprint density at radius 2 is 1.69 bits per heavy atom. The molecule has 0 heterocycles. The third-order valence-corrected chi connectivity index (χ3v) is 1.53. The first kappa shape index (κ1) is 14.3. The molecule has 0 saturated heterocycles. The summed E-state index contributed by atoms with van der Waals surface area (Å²) in [7, 11) is 0. The van der Waals surface area contributed by atoms with Gasteiger partial charge in [-0.1, -0.05) is 6.08 Å². The molecule has 0 aliphatic carbocycles. The minimum absolute atomic E-state index is 0.202. The van der Waals surface area contributed by atoms with Gasteiger partial charge in [-0.05, 0) is 26.8 Å². The molecule has 0 aromatic heterocycles. The van der Waals surface area contributed by atoms with Crippen LogP contribution in [0.5, 0.6) is 0 Å². The Balaban J connectivity index is 4.61. The Morgan fingerprint density at radius 1 is 1.19 bits per heavy atom. The van der Waals surface area contributed by atoms with Gasteiger partial charge in [0.2, 0.25) is 6.04 Å². The lowest BCUT2D eigenvalue weighted by Gasteiger charge is -2.09. The van der Waals surface area contributed by atoms with Gasteiger partial charge in [0.1, 0.15) is 0 Å². The average Bonchev–Trinajstić information content (AvgIpc) is 2.25. The highest BCUT2D eigenvalue weighted by Crippen LogP contribution is 1.99. The minimum atomic E-state index is -1.23. The van der Waals surface area contributed by atoms with Crippen LogP contribution in [-0.2, 0) is 19.1 Å². The van der Waals surface area contributed by atoms with Crippen molar-refractivity contribution in [1.82, 2.24) is 0 Å². The number of aliphatic imine (C=N–C) groups is 1. The lowest BCUT2D eigenvalue weighted by atomic mass is 10.3. The highest BCUT2D eigenvalue weighted by Gasteiger charge is 2.27. The molecule has 0 aliphatic heterocycles. The SMILES string of the molecule is C/C=C/C=NC(C(=O)OCC)C(=O)OCC. The van der Waals surface area contributed by atoms with E-state index in [-0.39, 0.29) is 13.2 Å². The number of rotatable bonds is 6. The molecule has 0 aliphatic rings. The zero-order valence-corrected chi connectivity index (χ0v) is 9.80. The summed E-state index contributed by atoms with van der Waals surface area (Å²) in [6, 6.07) is -1.23. The van der Waals surface area contributed by atoms with Gasteiger partial charge in [-0.25, -0.2) is 9.59 Å². The largest absolute Gasteiger partial charge is 0.464 e. The van der Waals surface area contributed by atoms with Crippen LogP contribution in [0.4, 0.5) is 0 Å². The van der Waals surface area contributed by atoms with Gasteiger partial charge in [0.25, 0.3) is 0 Å². The quantitative estimate of drug-likeness (QED) is 0.387. The van der Waals surface area contributed by atoms with E-state index < -0.39 is 18.0 Å². The Morgan fingerprint density at radius 3 is 2.06 bits per heavy atom. The van der Waals surface area contributed by atoms with E-state index in [0.29, 0.717) is 0 Å². The molecule has 5 nitrogen and oxygen atoms in total. The van der Waals surface area contributed by atoms with Gasteiger partial charge in [-0.15, -0.1) is 0 Å². The molecular formula is C11H17NO4. The van der Waals surface area contributed by atoms with E-state index in [0.717, 1.165) is 0 Å². The molecule has 5 heteroatoms. The maximum atomic E-state index is 11.4. The molecule has 0 rings (SSSR count). The maximum absolute atomic E-state index is 11.4. The molecule has 0 aromatic rings. The number of hydrogen-bond donors (Lipinski definition) is 0. The van der Waals surface area contributed by atoms with Crippen molar-refractivity contribution in [3.63, 3.8) is 0 Å². The van der Waals surface area contributed by atoms with Crippen molar-refractivity contribution in [3.05, 3.63) is 12.2 Å².